The summed E-state index contributed by atoms with van der Waals surface area (Å²) >= 11 is 6.59. The molecule has 0 aromatic carbocycles. The highest BCUT2D eigenvalue weighted by atomic mass is 35.5. The van der Waals surface area contributed by atoms with Gasteiger partial charge in [0.15, 0.2) is 4.91 Å². The van der Waals surface area contributed by atoms with Gasteiger partial charge in [-0.15, -0.1) is 11.3 Å². The second-order valence-corrected chi connectivity index (χ2v) is 6.99. The van der Waals surface area contributed by atoms with Gasteiger partial charge in [0, 0.05) is 20.3 Å². The summed E-state index contributed by atoms with van der Waals surface area (Å²) in [6.45, 7) is 0. The lowest BCUT2D eigenvalue weighted by Crippen LogP contribution is -2.08. The molecule has 1 rings (SSSR count). The molecule has 0 atom stereocenters. The standard InChI is InChI=1S/C9H9ClN2O2S2/c1-12(2)6-7(5-11)16(13,14)9-4-3-8(10)15-9/h3-4,6H,1-2H3/b7-6+. The van der Waals surface area contributed by atoms with E-state index in [1.165, 1.54) is 23.2 Å². The summed E-state index contributed by atoms with van der Waals surface area (Å²) in [6.07, 6.45) is 1.27. The van der Waals surface area contributed by atoms with Crippen LogP contribution in [-0.4, -0.2) is 27.4 Å². The first-order chi connectivity index (χ1) is 7.37. The molecule has 0 amide bonds. The number of nitrogens with zero attached hydrogens (tertiary/aromatic N) is 2. The second kappa shape index (κ2) is 4.87. The highest BCUT2D eigenvalue weighted by molar-refractivity contribution is 7.97. The molecule has 0 saturated carbocycles. The van der Waals surface area contributed by atoms with Crippen molar-refractivity contribution in [3.8, 4) is 6.07 Å². The summed E-state index contributed by atoms with van der Waals surface area (Å²) in [5, 5.41) is 8.83. The summed E-state index contributed by atoms with van der Waals surface area (Å²) in [4.78, 5) is 1.21. The van der Waals surface area contributed by atoms with E-state index >= 15 is 0 Å². The Labute approximate surface area is 103 Å². The predicted octanol–water partition coefficient (Wildman–Crippen LogP) is 2.10. The Morgan fingerprint density at radius 1 is 1.56 bits per heavy atom. The highest BCUT2D eigenvalue weighted by Crippen LogP contribution is 2.29. The Kier molecular flexibility index (Phi) is 3.97. The third kappa shape index (κ3) is 2.76. The van der Waals surface area contributed by atoms with Gasteiger partial charge in [0.05, 0.1) is 4.34 Å². The van der Waals surface area contributed by atoms with E-state index in [1.54, 1.807) is 20.2 Å². The molecule has 0 unspecified atom stereocenters. The maximum Gasteiger partial charge on any atom is 0.227 e. The maximum atomic E-state index is 11.9. The van der Waals surface area contributed by atoms with E-state index in [4.69, 9.17) is 16.9 Å². The summed E-state index contributed by atoms with van der Waals surface area (Å²) in [5.74, 6) is 0. The summed E-state index contributed by atoms with van der Waals surface area (Å²) in [7, 11) is -0.439. The van der Waals surface area contributed by atoms with Crippen molar-refractivity contribution >= 4 is 32.8 Å². The maximum absolute atomic E-state index is 11.9. The lowest BCUT2D eigenvalue weighted by atomic mass is 10.6. The molecule has 86 valence electrons. The van der Waals surface area contributed by atoms with Crippen molar-refractivity contribution in [1.29, 1.82) is 5.26 Å². The quantitative estimate of drug-likeness (QED) is 0.793. The van der Waals surface area contributed by atoms with Gasteiger partial charge in [0.1, 0.15) is 10.3 Å². The van der Waals surface area contributed by atoms with E-state index in [9.17, 15) is 8.42 Å². The number of hydrogen-bond donors (Lipinski definition) is 0. The fourth-order valence-electron chi connectivity index (χ4n) is 0.943. The van der Waals surface area contributed by atoms with Crippen LogP contribution in [0.5, 0.6) is 0 Å². The van der Waals surface area contributed by atoms with E-state index in [0.29, 0.717) is 4.34 Å². The van der Waals surface area contributed by atoms with Crippen molar-refractivity contribution in [1.82, 2.24) is 4.90 Å². The number of rotatable bonds is 3. The molecule has 0 spiro atoms. The van der Waals surface area contributed by atoms with Crippen molar-refractivity contribution < 1.29 is 8.42 Å². The Bertz CT molecular complexity index is 552. The van der Waals surface area contributed by atoms with Crippen LogP contribution >= 0.6 is 22.9 Å². The molecular weight excluding hydrogens is 268 g/mol. The van der Waals surface area contributed by atoms with Gasteiger partial charge in [-0.1, -0.05) is 11.6 Å². The van der Waals surface area contributed by atoms with E-state index < -0.39 is 9.84 Å². The zero-order valence-corrected chi connectivity index (χ0v) is 11.0. The topological polar surface area (TPSA) is 61.2 Å². The molecule has 0 radical (unpaired) electrons. The van der Waals surface area contributed by atoms with Gasteiger partial charge in [-0.25, -0.2) is 8.42 Å². The van der Waals surface area contributed by atoms with Gasteiger partial charge in [-0.05, 0) is 12.1 Å². The minimum Gasteiger partial charge on any atom is -0.382 e. The molecule has 7 heteroatoms. The third-order valence-corrected chi connectivity index (χ3v) is 4.96. The van der Waals surface area contributed by atoms with Crippen molar-refractivity contribution in [2.45, 2.75) is 4.21 Å². The van der Waals surface area contributed by atoms with Crippen LogP contribution in [0.25, 0.3) is 0 Å². The average Bonchev–Trinajstić information content (AvgIpc) is 2.61. The van der Waals surface area contributed by atoms with Gasteiger partial charge < -0.3 is 4.90 Å². The molecule has 1 aromatic heterocycles. The fraction of sp³-hybridized carbons (Fsp3) is 0.222. The van der Waals surface area contributed by atoms with Crippen LogP contribution in [0.3, 0.4) is 0 Å². The Morgan fingerprint density at radius 3 is 2.56 bits per heavy atom. The van der Waals surface area contributed by atoms with Crippen LogP contribution in [-0.2, 0) is 9.84 Å². The van der Waals surface area contributed by atoms with E-state index in [-0.39, 0.29) is 9.11 Å². The molecule has 0 bridgehead atoms. The van der Waals surface area contributed by atoms with Gasteiger partial charge >= 0.3 is 0 Å². The average molecular weight is 277 g/mol. The second-order valence-electron chi connectivity index (χ2n) is 3.13. The van der Waals surface area contributed by atoms with E-state index in [0.717, 1.165) is 11.3 Å². The number of allylic oxidation sites excluding steroid dienone is 1. The van der Waals surface area contributed by atoms with Crippen LogP contribution in [0.4, 0.5) is 0 Å². The Balaban J connectivity index is 3.27. The summed E-state index contributed by atoms with van der Waals surface area (Å²) < 4.78 is 24.3. The van der Waals surface area contributed by atoms with Crippen molar-refractivity contribution in [3.63, 3.8) is 0 Å². The van der Waals surface area contributed by atoms with Crippen molar-refractivity contribution in [2.24, 2.45) is 0 Å². The molecule has 1 aromatic rings. The molecule has 1 heterocycles. The smallest absolute Gasteiger partial charge is 0.227 e. The number of hydrogen-bond acceptors (Lipinski definition) is 5. The molecule has 0 aliphatic heterocycles. The molecular formula is C9H9ClN2O2S2. The fourth-order valence-corrected chi connectivity index (χ4v) is 3.77. The molecule has 0 aliphatic rings. The SMILES string of the molecule is CN(C)/C=C(\C#N)S(=O)(=O)c1ccc(Cl)s1. The molecule has 4 nitrogen and oxygen atoms in total. The first-order valence-corrected chi connectivity index (χ1v) is 6.84. The summed E-state index contributed by atoms with van der Waals surface area (Å²) in [5.41, 5.74) is 0. The van der Waals surface area contributed by atoms with Crippen LogP contribution in [0.1, 0.15) is 0 Å². The van der Waals surface area contributed by atoms with E-state index in [2.05, 4.69) is 0 Å². The Morgan fingerprint density at radius 2 is 2.19 bits per heavy atom. The third-order valence-electron chi connectivity index (χ3n) is 1.59. The first-order valence-electron chi connectivity index (χ1n) is 4.16. The number of thiophene rings is 1. The number of nitriles is 1. The molecule has 16 heavy (non-hydrogen) atoms. The zero-order chi connectivity index (χ0) is 12.3. The van der Waals surface area contributed by atoms with Gasteiger partial charge in [0.25, 0.3) is 0 Å². The number of halogens is 1. The van der Waals surface area contributed by atoms with Crippen LogP contribution in [0.15, 0.2) is 27.4 Å². The largest absolute Gasteiger partial charge is 0.382 e. The van der Waals surface area contributed by atoms with Gasteiger partial charge in [0.2, 0.25) is 9.84 Å². The van der Waals surface area contributed by atoms with Crippen LogP contribution in [0, 0.1) is 11.3 Å². The molecule has 0 aliphatic carbocycles. The minimum absolute atomic E-state index is 0.0761. The van der Waals surface area contributed by atoms with Crippen molar-refractivity contribution in [2.75, 3.05) is 14.1 Å². The lowest BCUT2D eigenvalue weighted by Gasteiger charge is -2.06. The Hall–Kier alpha value is -1.03. The predicted molar refractivity (Wildman–Crippen MR) is 63.9 cm³/mol. The van der Waals surface area contributed by atoms with Crippen molar-refractivity contribution in [3.05, 3.63) is 27.6 Å². The molecule has 0 N–H and O–H groups in total. The lowest BCUT2D eigenvalue weighted by molar-refractivity contribution is 0.559. The first kappa shape index (κ1) is 13.0. The molecule has 0 saturated heterocycles. The summed E-state index contributed by atoms with van der Waals surface area (Å²) in [6, 6.07) is 4.56. The number of sulfone groups is 1. The van der Waals surface area contributed by atoms with Gasteiger partial charge in [-0.3, -0.25) is 0 Å². The zero-order valence-electron chi connectivity index (χ0n) is 8.64. The van der Waals surface area contributed by atoms with Crippen LogP contribution in [0.2, 0.25) is 4.34 Å². The monoisotopic (exact) mass is 276 g/mol. The van der Waals surface area contributed by atoms with Gasteiger partial charge in [-0.2, -0.15) is 5.26 Å². The van der Waals surface area contributed by atoms with E-state index in [1.807, 2.05) is 0 Å². The van der Waals surface area contributed by atoms with Crippen LogP contribution < -0.4 is 0 Å². The molecule has 0 fully saturated rings. The minimum atomic E-state index is -3.73. The normalized spacial score (nSPS) is 12.2. The highest BCUT2D eigenvalue weighted by Gasteiger charge is 2.22.